The van der Waals surface area contributed by atoms with Gasteiger partial charge in [0, 0.05) is 13.2 Å². The number of thiol groups is 1. The van der Waals surface area contributed by atoms with Crippen molar-refractivity contribution in [3.63, 3.8) is 0 Å². The van der Waals surface area contributed by atoms with E-state index < -0.39 is 0 Å². The van der Waals surface area contributed by atoms with Crippen LogP contribution in [0.5, 0.6) is 0 Å². The maximum Gasteiger partial charge on any atom is 0.0808 e. The summed E-state index contributed by atoms with van der Waals surface area (Å²) in [6.45, 7) is 2.57. The van der Waals surface area contributed by atoms with Crippen molar-refractivity contribution in [3.05, 3.63) is 0 Å². The standard InChI is InChI=1S/C10H20O2S/c13-8-4-3-6-11-9-10-5-1-2-7-12-10/h10,13H,1-9H2. The van der Waals surface area contributed by atoms with E-state index in [1.54, 1.807) is 0 Å². The minimum atomic E-state index is 0.366. The minimum absolute atomic E-state index is 0.366. The molecule has 1 aliphatic rings. The number of rotatable bonds is 6. The average molecular weight is 204 g/mol. The molecule has 0 aromatic heterocycles. The largest absolute Gasteiger partial charge is 0.379 e. The highest BCUT2D eigenvalue weighted by Crippen LogP contribution is 2.12. The molecule has 13 heavy (non-hydrogen) atoms. The zero-order valence-electron chi connectivity index (χ0n) is 8.21. The third kappa shape index (κ3) is 5.55. The Bertz CT molecular complexity index is 113. The van der Waals surface area contributed by atoms with Crippen LogP contribution in [0.1, 0.15) is 32.1 Å². The summed E-state index contributed by atoms with van der Waals surface area (Å²) < 4.78 is 11.1. The second-order valence-corrected chi connectivity index (χ2v) is 3.94. The fraction of sp³-hybridized carbons (Fsp3) is 1.00. The third-order valence-corrected chi connectivity index (χ3v) is 2.59. The second kappa shape index (κ2) is 7.65. The normalized spacial score (nSPS) is 23.3. The Morgan fingerprint density at radius 1 is 1.31 bits per heavy atom. The van der Waals surface area contributed by atoms with Crippen molar-refractivity contribution in [3.8, 4) is 0 Å². The molecule has 0 aliphatic carbocycles. The van der Waals surface area contributed by atoms with Crippen LogP contribution in [0, 0.1) is 0 Å². The molecule has 0 N–H and O–H groups in total. The summed E-state index contributed by atoms with van der Waals surface area (Å²) in [6, 6.07) is 0. The predicted molar refractivity (Wildman–Crippen MR) is 57.5 cm³/mol. The molecule has 0 radical (unpaired) electrons. The smallest absolute Gasteiger partial charge is 0.0808 e. The zero-order chi connectivity index (χ0) is 9.36. The van der Waals surface area contributed by atoms with Gasteiger partial charge < -0.3 is 9.47 Å². The Morgan fingerprint density at radius 3 is 2.92 bits per heavy atom. The molecule has 1 aliphatic heterocycles. The van der Waals surface area contributed by atoms with Crippen molar-refractivity contribution >= 4 is 12.6 Å². The van der Waals surface area contributed by atoms with Gasteiger partial charge in [0.15, 0.2) is 0 Å². The molecular weight excluding hydrogens is 184 g/mol. The molecule has 1 unspecified atom stereocenters. The van der Waals surface area contributed by atoms with E-state index in [4.69, 9.17) is 9.47 Å². The van der Waals surface area contributed by atoms with Crippen LogP contribution in [0.25, 0.3) is 0 Å². The molecule has 0 spiro atoms. The van der Waals surface area contributed by atoms with Crippen LogP contribution in [0.4, 0.5) is 0 Å². The number of hydrogen-bond acceptors (Lipinski definition) is 3. The Labute approximate surface area is 86.4 Å². The molecule has 0 aromatic carbocycles. The molecule has 0 amide bonds. The average Bonchev–Trinajstić information content (AvgIpc) is 2.19. The molecular formula is C10H20O2S. The first-order valence-corrected chi connectivity index (χ1v) is 5.87. The van der Waals surface area contributed by atoms with Gasteiger partial charge in [-0.15, -0.1) is 0 Å². The number of ether oxygens (including phenoxy) is 2. The molecule has 1 fully saturated rings. The highest BCUT2D eigenvalue weighted by Gasteiger charge is 2.13. The van der Waals surface area contributed by atoms with Crippen molar-refractivity contribution in [1.82, 2.24) is 0 Å². The molecule has 1 heterocycles. The zero-order valence-corrected chi connectivity index (χ0v) is 9.10. The van der Waals surface area contributed by atoms with Crippen LogP contribution in [-0.2, 0) is 9.47 Å². The van der Waals surface area contributed by atoms with Crippen LogP contribution in [0.2, 0.25) is 0 Å². The quantitative estimate of drug-likeness (QED) is 0.528. The number of hydrogen-bond donors (Lipinski definition) is 1. The fourth-order valence-corrected chi connectivity index (χ4v) is 1.69. The molecule has 2 nitrogen and oxygen atoms in total. The maximum atomic E-state index is 5.54. The Hall–Kier alpha value is 0.270. The molecule has 1 saturated heterocycles. The molecule has 78 valence electrons. The van der Waals surface area contributed by atoms with E-state index >= 15 is 0 Å². The van der Waals surface area contributed by atoms with Crippen LogP contribution < -0.4 is 0 Å². The van der Waals surface area contributed by atoms with Crippen LogP contribution >= 0.6 is 12.6 Å². The lowest BCUT2D eigenvalue weighted by atomic mass is 10.1. The lowest BCUT2D eigenvalue weighted by Crippen LogP contribution is -2.24. The van der Waals surface area contributed by atoms with Crippen molar-refractivity contribution in [2.24, 2.45) is 0 Å². The molecule has 0 saturated carbocycles. The summed E-state index contributed by atoms with van der Waals surface area (Å²) in [5.41, 5.74) is 0. The molecule has 1 atom stereocenters. The van der Waals surface area contributed by atoms with Gasteiger partial charge in [-0.1, -0.05) is 0 Å². The lowest BCUT2D eigenvalue weighted by Gasteiger charge is -2.22. The third-order valence-electron chi connectivity index (χ3n) is 2.27. The van der Waals surface area contributed by atoms with Gasteiger partial charge in [-0.05, 0) is 37.9 Å². The molecule has 0 bridgehead atoms. The van der Waals surface area contributed by atoms with E-state index in [1.807, 2.05) is 0 Å². The van der Waals surface area contributed by atoms with Gasteiger partial charge in [-0.25, -0.2) is 0 Å². The summed E-state index contributed by atoms with van der Waals surface area (Å²) in [5.74, 6) is 0.962. The van der Waals surface area contributed by atoms with E-state index in [0.29, 0.717) is 6.10 Å². The topological polar surface area (TPSA) is 18.5 Å². The van der Waals surface area contributed by atoms with Gasteiger partial charge in [-0.3, -0.25) is 0 Å². The Morgan fingerprint density at radius 2 is 2.23 bits per heavy atom. The van der Waals surface area contributed by atoms with E-state index in [-0.39, 0.29) is 0 Å². The first-order chi connectivity index (χ1) is 6.43. The summed E-state index contributed by atoms with van der Waals surface area (Å²) in [5, 5.41) is 0. The van der Waals surface area contributed by atoms with Gasteiger partial charge in [-0.2, -0.15) is 12.6 Å². The van der Waals surface area contributed by atoms with E-state index in [9.17, 15) is 0 Å². The highest BCUT2D eigenvalue weighted by atomic mass is 32.1. The van der Waals surface area contributed by atoms with E-state index in [1.165, 1.54) is 19.3 Å². The summed E-state index contributed by atoms with van der Waals surface area (Å²) in [4.78, 5) is 0. The first-order valence-electron chi connectivity index (χ1n) is 5.23. The molecule has 0 aromatic rings. The minimum Gasteiger partial charge on any atom is -0.379 e. The maximum absolute atomic E-state index is 5.54. The van der Waals surface area contributed by atoms with Crippen LogP contribution in [0.15, 0.2) is 0 Å². The summed E-state index contributed by atoms with van der Waals surface area (Å²) in [7, 11) is 0. The fourth-order valence-electron chi connectivity index (χ4n) is 1.47. The van der Waals surface area contributed by atoms with Crippen molar-refractivity contribution < 1.29 is 9.47 Å². The van der Waals surface area contributed by atoms with Crippen LogP contribution in [-0.4, -0.2) is 31.7 Å². The SMILES string of the molecule is SCCCCOCC1CCCCO1. The van der Waals surface area contributed by atoms with Gasteiger partial charge in [0.2, 0.25) is 0 Å². The van der Waals surface area contributed by atoms with E-state index in [0.717, 1.165) is 38.4 Å². The molecule has 1 rings (SSSR count). The van der Waals surface area contributed by atoms with Gasteiger partial charge in [0.05, 0.1) is 12.7 Å². The second-order valence-electron chi connectivity index (χ2n) is 3.49. The monoisotopic (exact) mass is 204 g/mol. The van der Waals surface area contributed by atoms with Crippen LogP contribution in [0.3, 0.4) is 0 Å². The first kappa shape index (κ1) is 11.3. The summed E-state index contributed by atoms with van der Waals surface area (Å²) in [6.07, 6.45) is 6.32. The van der Waals surface area contributed by atoms with Crippen molar-refractivity contribution in [2.45, 2.75) is 38.2 Å². The van der Waals surface area contributed by atoms with Crippen molar-refractivity contribution in [1.29, 1.82) is 0 Å². The van der Waals surface area contributed by atoms with E-state index in [2.05, 4.69) is 12.6 Å². The number of unbranched alkanes of at least 4 members (excludes halogenated alkanes) is 1. The highest BCUT2D eigenvalue weighted by molar-refractivity contribution is 7.80. The van der Waals surface area contributed by atoms with Crippen molar-refractivity contribution in [2.75, 3.05) is 25.6 Å². The van der Waals surface area contributed by atoms with Gasteiger partial charge >= 0.3 is 0 Å². The Kier molecular flexibility index (Phi) is 6.68. The molecule has 3 heteroatoms. The van der Waals surface area contributed by atoms with Gasteiger partial charge in [0.1, 0.15) is 0 Å². The summed E-state index contributed by atoms with van der Waals surface area (Å²) >= 11 is 4.14. The predicted octanol–water partition coefficient (Wildman–Crippen LogP) is 2.28. The Balaban J connectivity index is 1.86. The van der Waals surface area contributed by atoms with Gasteiger partial charge in [0.25, 0.3) is 0 Å². The lowest BCUT2D eigenvalue weighted by molar-refractivity contribution is -0.0409.